The first-order chi connectivity index (χ1) is 4.88. The average molecular weight is 150 g/mol. The predicted octanol–water partition coefficient (Wildman–Crippen LogP) is 1.81. The number of pyridine rings is 1. The summed E-state index contributed by atoms with van der Waals surface area (Å²) >= 11 is 0. The summed E-state index contributed by atoms with van der Waals surface area (Å²) in [6.07, 6.45) is 3.66. The molecule has 0 spiro atoms. The second-order valence-electron chi connectivity index (χ2n) is 2.03. The Bertz CT molecular complexity index is 317. The molecule has 2 rings (SSSR count). The van der Waals surface area contributed by atoms with E-state index in [0.717, 1.165) is 10.6 Å². The van der Waals surface area contributed by atoms with Crippen LogP contribution in [0.15, 0.2) is 28.6 Å². The Morgan fingerprint density at radius 3 is 3.20 bits per heavy atom. The van der Waals surface area contributed by atoms with Crippen molar-refractivity contribution in [3.05, 3.63) is 29.4 Å². The van der Waals surface area contributed by atoms with E-state index < -0.39 is 10.7 Å². The lowest BCUT2D eigenvalue weighted by Gasteiger charge is -1.94. The van der Waals surface area contributed by atoms with Gasteiger partial charge >= 0.3 is 0 Å². The van der Waals surface area contributed by atoms with Gasteiger partial charge in [0.05, 0.1) is 5.69 Å². The summed E-state index contributed by atoms with van der Waals surface area (Å²) in [6.45, 7) is 0. The zero-order valence-corrected chi connectivity index (χ0v) is 6.06. The van der Waals surface area contributed by atoms with Crippen LogP contribution in [0.2, 0.25) is 0 Å². The van der Waals surface area contributed by atoms with Gasteiger partial charge in [-0.3, -0.25) is 9.76 Å². The molecular weight excluding hydrogens is 144 g/mol. The zero-order chi connectivity index (χ0) is 6.97. The molecule has 1 unspecified atom stereocenters. The van der Waals surface area contributed by atoms with Gasteiger partial charge in [-0.25, -0.2) is 0 Å². The van der Waals surface area contributed by atoms with Gasteiger partial charge in [0.15, 0.2) is 0 Å². The lowest BCUT2D eigenvalue weighted by Crippen LogP contribution is -1.83. The predicted molar refractivity (Wildman–Crippen MR) is 41.6 cm³/mol. The summed E-state index contributed by atoms with van der Waals surface area (Å²) in [5, 5.41) is 1.87. The third kappa shape index (κ3) is 0.708. The van der Waals surface area contributed by atoms with E-state index in [-0.39, 0.29) is 0 Å². The second-order valence-corrected chi connectivity index (χ2v) is 3.41. The van der Waals surface area contributed by atoms with E-state index in [1.165, 1.54) is 0 Å². The van der Waals surface area contributed by atoms with Crippen LogP contribution in [-0.2, 0) is 10.7 Å². The van der Waals surface area contributed by atoms with Crippen LogP contribution in [0.4, 0.5) is 0 Å². The Balaban J connectivity index is 2.70. The van der Waals surface area contributed by atoms with Crippen LogP contribution in [0.3, 0.4) is 0 Å². The molecule has 1 aliphatic rings. The molecule has 0 saturated carbocycles. The molecule has 1 atom stereocenters. The number of hydrogen-bond donors (Lipinski definition) is 1. The average Bonchev–Trinajstić information content (AvgIpc) is 2.34. The van der Waals surface area contributed by atoms with E-state index in [0.29, 0.717) is 0 Å². The molecule has 1 aliphatic heterocycles. The van der Waals surface area contributed by atoms with Gasteiger partial charge in [-0.1, -0.05) is 0 Å². The number of aromatic nitrogens is 1. The first-order valence-electron chi connectivity index (χ1n) is 2.95. The third-order valence-electron chi connectivity index (χ3n) is 1.40. The van der Waals surface area contributed by atoms with Gasteiger partial charge in [-0.2, -0.15) is 0 Å². The summed E-state index contributed by atoms with van der Waals surface area (Å²) in [4.78, 5) is 5.15. The standard InChI is InChI=1S/C7H6N2S/c8-10-5-3-6-7(10)2-1-4-9-6/h1-5,8H. The van der Waals surface area contributed by atoms with Crippen molar-refractivity contribution in [2.45, 2.75) is 4.90 Å². The Morgan fingerprint density at radius 1 is 1.50 bits per heavy atom. The quantitative estimate of drug-likeness (QED) is 0.601. The van der Waals surface area contributed by atoms with Gasteiger partial charge in [0.1, 0.15) is 0 Å². The molecular formula is C7H6N2S. The minimum absolute atomic E-state index is 0.441. The third-order valence-corrected chi connectivity index (χ3v) is 2.63. The zero-order valence-electron chi connectivity index (χ0n) is 5.24. The molecule has 1 aromatic rings. The normalized spacial score (nSPS) is 21.0. The van der Waals surface area contributed by atoms with Gasteiger partial charge in [0.2, 0.25) is 0 Å². The Morgan fingerprint density at radius 2 is 2.40 bits per heavy atom. The Labute approximate surface area is 61.5 Å². The first-order valence-corrected chi connectivity index (χ1v) is 4.24. The van der Waals surface area contributed by atoms with Crippen molar-refractivity contribution in [3.63, 3.8) is 0 Å². The van der Waals surface area contributed by atoms with Crippen LogP contribution in [0, 0.1) is 4.78 Å². The highest BCUT2D eigenvalue weighted by atomic mass is 32.2. The summed E-state index contributed by atoms with van der Waals surface area (Å²) in [5.74, 6) is 0. The van der Waals surface area contributed by atoms with Crippen molar-refractivity contribution in [2.24, 2.45) is 0 Å². The second kappa shape index (κ2) is 2.02. The van der Waals surface area contributed by atoms with Crippen LogP contribution >= 0.6 is 0 Å². The number of hydrogen-bond acceptors (Lipinski definition) is 2. The van der Waals surface area contributed by atoms with E-state index in [1.54, 1.807) is 6.20 Å². The molecule has 0 radical (unpaired) electrons. The molecule has 0 fully saturated rings. The molecule has 3 heteroatoms. The fourth-order valence-corrected chi connectivity index (χ4v) is 1.90. The van der Waals surface area contributed by atoms with Crippen LogP contribution in [0.5, 0.6) is 0 Å². The number of rotatable bonds is 0. The van der Waals surface area contributed by atoms with Crippen molar-refractivity contribution in [2.75, 3.05) is 0 Å². The first kappa shape index (κ1) is 5.80. The van der Waals surface area contributed by atoms with Crippen LogP contribution in [0.25, 0.3) is 6.08 Å². The monoisotopic (exact) mass is 150 g/mol. The largest absolute Gasteiger partial charge is 0.271 e. The molecule has 10 heavy (non-hydrogen) atoms. The van der Waals surface area contributed by atoms with E-state index in [4.69, 9.17) is 4.78 Å². The van der Waals surface area contributed by atoms with Gasteiger partial charge in [-0.05, 0) is 34.3 Å². The van der Waals surface area contributed by atoms with Crippen LogP contribution in [0.1, 0.15) is 5.69 Å². The van der Waals surface area contributed by atoms with Crippen LogP contribution < -0.4 is 0 Å². The molecule has 0 saturated heterocycles. The number of nitrogens with one attached hydrogen (secondary N) is 1. The van der Waals surface area contributed by atoms with E-state index in [1.807, 2.05) is 23.6 Å². The summed E-state index contributed by atoms with van der Waals surface area (Å²) in [5.41, 5.74) is 0.959. The maximum atomic E-state index is 7.51. The number of fused-ring (bicyclic) bond motifs is 1. The molecule has 0 bridgehead atoms. The van der Waals surface area contributed by atoms with Crippen molar-refractivity contribution in [1.29, 1.82) is 4.78 Å². The Hall–Kier alpha value is -0.960. The Kier molecular flexibility index (Phi) is 1.17. The molecule has 1 aromatic heterocycles. The van der Waals surface area contributed by atoms with Gasteiger partial charge in [0.25, 0.3) is 0 Å². The van der Waals surface area contributed by atoms with Crippen molar-refractivity contribution in [3.8, 4) is 0 Å². The molecule has 0 aliphatic carbocycles. The van der Waals surface area contributed by atoms with Crippen LogP contribution in [-0.4, -0.2) is 4.98 Å². The fourth-order valence-electron chi connectivity index (χ4n) is 0.920. The molecule has 0 amide bonds. The highest BCUT2D eigenvalue weighted by Gasteiger charge is 2.07. The molecule has 2 heterocycles. The lowest BCUT2D eigenvalue weighted by atomic mass is 10.3. The minimum Gasteiger partial charge on any atom is -0.271 e. The smallest absolute Gasteiger partial charge is 0.0783 e. The van der Waals surface area contributed by atoms with Gasteiger partial charge < -0.3 is 0 Å². The minimum atomic E-state index is -0.441. The molecule has 50 valence electrons. The van der Waals surface area contributed by atoms with Crippen molar-refractivity contribution >= 4 is 16.8 Å². The molecule has 1 N–H and O–H groups in total. The van der Waals surface area contributed by atoms with Gasteiger partial charge in [0, 0.05) is 11.1 Å². The van der Waals surface area contributed by atoms with Gasteiger partial charge in [-0.15, -0.1) is 0 Å². The number of nitrogens with zero attached hydrogens (tertiary/aromatic N) is 1. The van der Waals surface area contributed by atoms with Crippen molar-refractivity contribution < 1.29 is 0 Å². The highest BCUT2D eigenvalue weighted by Crippen LogP contribution is 2.20. The summed E-state index contributed by atoms with van der Waals surface area (Å²) < 4.78 is 7.51. The summed E-state index contributed by atoms with van der Waals surface area (Å²) in [6, 6.07) is 3.83. The van der Waals surface area contributed by atoms with E-state index in [2.05, 4.69) is 4.98 Å². The maximum absolute atomic E-state index is 7.51. The summed E-state index contributed by atoms with van der Waals surface area (Å²) in [7, 11) is -0.441. The van der Waals surface area contributed by atoms with Crippen molar-refractivity contribution in [1.82, 2.24) is 4.98 Å². The lowest BCUT2D eigenvalue weighted by molar-refractivity contribution is 1.21. The molecule has 0 aromatic carbocycles. The maximum Gasteiger partial charge on any atom is 0.0783 e. The SMILES string of the molecule is N=S1C=Cc2ncccc21. The fraction of sp³-hybridized carbons (Fsp3) is 0. The highest BCUT2D eigenvalue weighted by molar-refractivity contribution is 7.89. The topological polar surface area (TPSA) is 36.7 Å². The molecule has 2 nitrogen and oxygen atoms in total. The van der Waals surface area contributed by atoms with E-state index in [9.17, 15) is 0 Å². The van der Waals surface area contributed by atoms with E-state index >= 15 is 0 Å².